The van der Waals surface area contributed by atoms with E-state index in [0.717, 1.165) is 42.2 Å². The van der Waals surface area contributed by atoms with Crippen LogP contribution in [0.3, 0.4) is 0 Å². The van der Waals surface area contributed by atoms with Gasteiger partial charge in [0, 0.05) is 17.5 Å². The lowest BCUT2D eigenvalue weighted by Crippen LogP contribution is -2.32. The first-order valence-corrected chi connectivity index (χ1v) is 11.8. The SMILES string of the molecule is O=C(c1ccc(Cl)c([N+](=O)[O-])c1)N1N=C2/C(=C/c3ccc(F)cc3)CCC[C@H]2[C@@H]1c1ccc(F)cc1. The molecule has 0 radical (unpaired) electrons. The van der Waals surface area contributed by atoms with Gasteiger partial charge in [0.1, 0.15) is 16.7 Å². The molecule has 0 N–H and O–H groups in total. The van der Waals surface area contributed by atoms with E-state index in [1.165, 1.54) is 41.4 Å². The van der Waals surface area contributed by atoms with Crippen molar-refractivity contribution in [1.82, 2.24) is 5.01 Å². The molecule has 0 bridgehead atoms. The summed E-state index contributed by atoms with van der Waals surface area (Å²) >= 11 is 5.94. The molecule has 9 heteroatoms. The molecular weight excluding hydrogens is 488 g/mol. The van der Waals surface area contributed by atoms with Crippen LogP contribution in [0.15, 0.2) is 77.4 Å². The highest BCUT2D eigenvalue weighted by Crippen LogP contribution is 2.45. The van der Waals surface area contributed by atoms with Gasteiger partial charge in [-0.05, 0) is 78.4 Å². The van der Waals surface area contributed by atoms with E-state index in [9.17, 15) is 23.7 Å². The van der Waals surface area contributed by atoms with Crippen molar-refractivity contribution in [3.05, 3.63) is 116 Å². The molecule has 0 unspecified atom stereocenters. The number of halogens is 3. The first-order chi connectivity index (χ1) is 17.3. The maximum absolute atomic E-state index is 13.7. The Morgan fingerprint density at radius 2 is 1.72 bits per heavy atom. The Labute approximate surface area is 210 Å². The van der Waals surface area contributed by atoms with Gasteiger partial charge in [-0.15, -0.1) is 0 Å². The van der Waals surface area contributed by atoms with Crippen molar-refractivity contribution in [2.45, 2.75) is 25.3 Å². The van der Waals surface area contributed by atoms with Gasteiger partial charge in [0.05, 0.1) is 16.7 Å². The first-order valence-electron chi connectivity index (χ1n) is 11.4. The third-order valence-corrected chi connectivity index (χ3v) is 6.84. The number of rotatable bonds is 4. The van der Waals surface area contributed by atoms with E-state index >= 15 is 0 Å². The second kappa shape index (κ2) is 9.62. The summed E-state index contributed by atoms with van der Waals surface area (Å²) in [6.45, 7) is 0. The summed E-state index contributed by atoms with van der Waals surface area (Å²) in [5.41, 5.74) is 2.89. The van der Waals surface area contributed by atoms with Crippen molar-refractivity contribution in [2.75, 3.05) is 0 Å². The number of fused-ring (bicyclic) bond motifs is 1. The predicted octanol–water partition coefficient (Wildman–Crippen LogP) is 6.96. The van der Waals surface area contributed by atoms with E-state index < -0.39 is 22.7 Å². The molecule has 1 fully saturated rings. The number of nitro groups is 1. The highest BCUT2D eigenvalue weighted by molar-refractivity contribution is 6.32. The third kappa shape index (κ3) is 4.52. The van der Waals surface area contributed by atoms with Gasteiger partial charge in [-0.3, -0.25) is 14.9 Å². The number of amides is 1. The van der Waals surface area contributed by atoms with Gasteiger partial charge in [-0.25, -0.2) is 13.8 Å². The zero-order valence-corrected chi connectivity index (χ0v) is 19.7. The number of nitrogens with zero attached hydrogens (tertiary/aromatic N) is 3. The van der Waals surface area contributed by atoms with Crippen molar-refractivity contribution >= 4 is 35.0 Å². The summed E-state index contributed by atoms with van der Waals surface area (Å²) in [5.74, 6) is -1.40. The Balaban J connectivity index is 1.59. The van der Waals surface area contributed by atoms with Crippen LogP contribution in [0.1, 0.15) is 46.8 Å². The highest BCUT2D eigenvalue weighted by Gasteiger charge is 2.44. The normalized spacial score (nSPS) is 20.2. The minimum Gasteiger partial charge on any atom is -0.267 e. The van der Waals surface area contributed by atoms with E-state index in [-0.39, 0.29) is 28.0 Å². The number of allylic oxidation sites excluding steroid dienone is 1. The largest absolute Gasteiger partial charge is 0.288 e. The van der Waals surface area contributed by atoms with Crippen LogP contribution in [0.25, 0.3) is 6.08 Å². The fourth-order valence-corrected chi connectivity index (χ4v) is 5.03. The van der Waals surface area contributed by atoms with Gasteiger partial charge in [-0.1, -0.05) is 35.9 Å². The number of hydrogen-bond donors (Lipinski definition) is 0. The van der Waals surface area contributed by atoms with Crippen LogP contribution in [-0.4, -0.2) is 21.6 Å². The average Bonchev–Trinajstić information content (AvgIpc) is 3.26. The summed E-state index contributed by atoms with van der Waals surface area (Å²) < 4.78 is 27.1. The summed E-state index contributed by atoms with van der Waals surface area (Å²) in [5, 5.41) is 17.4. The van der Waals surface area contributed by atoms with Crippen LogP contribution in [-0.2, 0) is 0 Å². The zero-order valence-electron chi connectivity index (χ0n) is 18.9. The number of hydrogen-bond acceptors (Lipinski definition) is 4. The van der Waals surface area contributed by atoms with Crippen LogP contribution in [0, 0.1) is 27.7 Å². The monoisotopic (exact) mass is 507 g/mol. The fraction of sp³-hybridized carbons (Fsp3) is 0.185. The van der Waals surface area contributed by atoms with Crippen LogP contribution in [0.2, 0.25) is 5.02 Å². The van der Waals surface area contributed by atoms with Crippen molar-refractivity contribution < 1.29 is 18.5 Å². The Bertz CT molecular complexity index is 1400. The Kier molecular flexibility index (Phi) is 6.36. The van der Waals surface area contributed by atoms with Gasteiger partial charge in [0.2, 0.25) is 0 Å². The number of benzene rings is 3. The molecule has 0 aromatic heterocycles. The van der Waals surface area contributed by atoms with Gasteiger partial charge in [0.15, 0.2) is 0 Å². The second-order valence-corrected chi connectivity index (χ2v) is 9.18. The molecule has 1 heterocycles. The number of carbonyl (C=O) groups excluding carboxylic acids is 1. The van der Waals surface area contributed by atoms with Gasteiger partial charge in [0.25, 0.3) is 11.6 Å². The molecule has 182 valence electrons. The van der Waals surface area contributed by atoms with E-state index in [1.54, 1.807) is 24.3 Å². The third-order valence-electron chi connectivity index (χ3n) is 6.52. The molecule has 3 aromatic rings. The smallest absolute Gasteiger partial charge is 0.267 e. The second-order valence-electron chi connectivity index (χ2n) is 8.77. The molecule has 2 atom stereocenters. The molecule has 1 aliphatic heterocycles. The molecule has 2 aliphatic rings. The summed E-state index contributed by atoms with van der Waals surface area (Å²) in [7, 11) is 0. The van der Waals surface area contributed by atoms with E-state index in [1.807, 2.05) is 6.08 Å². The van der Waals surface area contributed by atoms with Crippen LogP contribution >= 0.6 is 11.6 Å². The number of carbonyl (C=O) groups is 1. The van der Waals surface area contributed by atoms with Crippen molar-refractivity contribution in [2.24, 2.45) is 11.0 Å². The van der Waals surface area contributed by atoms with Gasteiger partial charge < -0.3 is 0 Å². The van der Waals surface area contributed by atoms with Crippen LogP contribution in [0.4, 0.5) is 14.5 Å². The molecule has 5 rings (SSSR count). The minimum absolute atomic E-state index is 0.0717. The standard InChI is InChI=1S/C27H20ClF2N3O3/c28-23-13-8-19(15-24(23)33(35)36)27(34)32-26(17-6-11-21(30)12-7-17)22-3-1-2-18(25(22)31-32)14-16-4-9-20(29)10-5-16/h4-15,22,26H,1-3H2/b18-14+/t22-,26+/m1/s1. The molecule has 1 saturated carbocycles. The number of hydrazone groups is 1. The Hall–Kier alpha value is -3.91. The lowest BCUT2D eigenvalue weighted by atomic mass is 9.77. The van der Waals surface area contributed by atoms with Crippen LogP contribution < -0.4 is 0 Å². The van der Waals surface area contributed by atoms with Crippen molar-refractivity contribution in [3.63, 3.8) is 0 Å². The molecule has 1 amide bonds. The fourth-order valence-electron chi connectivity index (χ4n) is 4.84. The molecular formula is C27H20ClF2N3O3. The molecule has 6 nitrogen and oxygen atoms in total. The van der Waals surface area contributed by atoms with E-state index in [0.29, 0.717) is 5.56 Å². The number of nitro benzene ring substituents is 1. The van der Waals surface area contributed by atoms with Crippen LogP contribution in [0.5, 0.6) is 0 Å². The van der Waals surface area contributed by atoms with Gasteiger partial charge in [-0.2, -0.15) is 5.10 Å². The molecule has 36 heavy (non-hydrogen) atoms. The first kappa shape index (κ1) is 23.8. The maximum Gasteiger partial charge on any atom is 0.288 e. The van der Waals surface area contributed by atoms with E-state index in [2.05, 4.69) is 0 Å². The predicted molar refractivity (Wildman–Crippen MR) is 133 cm³/mol. The van der Waals surface area contributed by atoms with Crippen molar-refractivity contribution in [3.8, 4) is 0 Å². The molecule has 1 aliphatic carbocycles. The maximum atomic E-state index is 13.7. The quantitative estimate of drug-likeness (QED) is 0.283. The van der Waals surface area contributed by atoms with Gasteiger partial charge >= 0.3 is 0 Å². The zero-order chi connectivity index (χ0) is 25.4. The van der Waals surface area contributed by atoms with Crippen molar-refractivity contribution in [1.29, 1.82) is 0 Å². The topological polar surface area (TPSA) is 75.8 Å². The Morgan fingerprint density at radius 1 is 1.06 bits per heavy atom. The highest BCUT2D eigenvalue weighted by atomic mass is 35.5. The Morgan fingerprint density at radius 3 is 2.39 bits per heavy atom. The minimum atomic E-state index is -0.643. The lowest BCUT2D eigenvalue weighted by Gasteiger charge is -2.29. The van der Waals surface area contributed by atoms with E-state index in [4.69, 9.17) is 16.7 Å². The molecule has 3 aromatic carbocycles. The summed E-state index contributed by atoms with van der Waals surface area (Å²) in [6.07, 6.45) is 4.28. The summed E-state index contributed by atoms with van der Waals surface area (Å²) in [6, 6.07) is 15.4. The molecule has 0 saturated heterocycles. The average molecular weight is 508 g/mol. The molecule has 0 spiro atoms. The lowest BCUT2D eigenvalue weighted by molar-refractivity contribution is -0.384. The summed E-state index contributed by atoms with van der Waals surface area (Å²) in [4.78, 5) is 24.4.